The molecule has 2 aromatic rings. The highest BCUT2D eigenvalue weighted by atomic mass is 16.4. The zero-order valence-electron chi connectivity index (χ0n) is 10.4. The molecule has 0 spiro atoms. The quantitative estimate of drug-likeness (QED) is 0.881. The summed E-state index contributed by atoms with van der Waals surface area (Å²) < 4.78 is 1.51. The molecule has 1 unspecified atom stereocenters. The topological polar surface area (TPSA) is 67.5 Å². The first-order valence-electron chi connectivity index (χ1n) is 6.06. The van der Waals surface area contributed by atoms with Crippen molar-refractivity contribution in [2.45, 2.75) is 32.6 Å². The van der Waals surface area contributed by atoms with E-state index in [1.165, 1.54) is 17.1 Å². The third kappa shape index (κ3) is 1.50. The molecule has 5 nitrogen and oxygen atoms in total. The Kier molecular flexibility index (Phi) is 2.20. The average Bonchev–Trinajstić information content (AvgIpc) is 2.70. The summed E-state index contributed by atoms with van der Waals surface area (Å²) in [6.45, 7) is 4.45. The van der Waals surface area contributed by atoms with Crippen LogP contribution in [0.5, 0.6) is 0 Å². The van der Waals surface area contributed by atoms with Gasteiger partial charge in [-0.2, -0.15) is 5.10 Å². The Hall–Kier alpha value is -1.91. The highest BCUT2D eigenvalue weighted by molar-refractivity contribution is 5.94. The van der Waals surface area contributed by atoms with E-state index in [-0.39, 0.29) is 11.0 Å². The fraction of sp³-hybridized carbons (Fsp3) is 0.462. The van der Waals surface area contributed by atoms with E-state index in [1.807, 2.05) is 6.07 Å². The molecule has 0 aliphatic heterocycles. The third-order valence-electron chi connectivity index (χ3n) is 4.00. The Balaban J connectivity index is 2.10. The summed E-state index contributed by atoms with van der Waals surface area (Å²) in [6, 6.07) is 1.94. The van der Waals surface area contributed by atoms with Gasteiger partial charge >= 0.3 is 5.97 Å². The molecule has 1 fully saturated rings. The van der Waals surface area contributed by atoms with Gasteiger partial charge in [-0.1, -0.05) is 13.8 Å². The molecule has 0 aromatic carbocycles. The molecule has 1 aliphatic carbocycles. The molecule has 0 radical (unpaired) electrons. The second kappa shape index (κ2) is 3.54. The molecular weight excluding hydrogens is 230 g/mol. The Bertz CT molecular complexity index is 630. The van der Waals surface area contributed by atoms with Gasteiger partial charge in [-0.3, -0.25) is 0 Å². The van der Waals surface area contributed by atoms with Crippen LogP contribution in [0, 0.1) is 5.41 Å². The molecule has 1 atom stereocenters. The van der Waals surface area contributed by atoms with Gasteiger partial charge in [0, 0.05) is 17.8 Å². The maximum absolute atomic E-state index is 11.1. The SMILES string of the molecule is CC1(C)CCC1c1ccn2ncc(C(=O)O)c2n1. The lowest BCUT2D eigenvalue weighted by Crippen LogP contribution is -2.33. The minimum atomic E-state index is -0.984. The van der Waals surface area contributed by atoms with Crippen LogP contribution in [0.2, 0.25) is 0 Å². The maximum atomic E-state index is 11.1. The standard InChI is InChI=1S/C13H15N3O2/c1-13(2)5-3-9(13)10-4-6-16-11(15-10)8(7-14-16)12(17)18/h4,6-7,9H,3,5H2,1-2H3,(H,17,18). The fourth-order valence-electron chi connectivity index (χ4n) is 2.64. The highest BCUT2D eigenvalue weighted by Crippen LogP contribution is 2.51. The van der Waals surface area contributed by atoms with Crippen molar-refractivity contribution in [2.24, 2.45) is 5.41 Å². The van der Waals surface area contributed by atoms with Crippen LogP contribution >= 0.6 is 0 Å². The Morgan fingerprint density at radius 2 is 2.33 bits per heavy atom. The number of hydrogen-bond donors (Lipinski definition) is 1. The summed E-state index contributed by atoms with van der Waals surface area (Å²) in [7, 11) is 0. The van der Waals surface area contributed by atoms with Gasteiger partial charge < -0.3 is 5.11 Å². The molecule has 0 bridgehead atoms. The second-order valence-electron chi connectivity index (χ2n) is 5.56. The maximum Gasteiger partial charge on any atom is 0.341 e. The molecular formula is C13H15N3O2. The van der Waals surface area contributed by atoms with E-state index in [2.05, 4.69) is 23.9 Å². The van der Waals surface area contributed by atoms with E-state index in [4.69, 9.17) is 5.11 Å². The highest BCUT2D eigenvalue weighted by Gasteiger charge is 2.40. The number of aromatic nitrogens is 3. The lowest BCUT2D eigenvalue weighted by Gasteiger charge is -2.44. The van der Waals surface area contributed by atoms with Crippen LogP contribution in [0.1, 0.15) is 48.7 Å². The van der Waals surface area contributed by atoms with Crippen molar-refractivity contribution >= 4 is 11.6 Å². The first-order valence-corrected chi connectivity index (χ1v) is 6.06. The van der Waals surface area contributed by atoms with Crippen molar-refractivity contribution in [1.29, 1.82) is 0 Å². The number of nitrogens with zero attached hydrogens (tertiary/aromatic N) is 3. The van der Waals surface area contributed by atoms with Gasteiger partial charge in [0.15, 0.2) is 5.65 Å². The average molecular weight is 245 g/mol. The Morgan fingerprint density at radius 3 is 2.89 bits per heavy atom. The molecule has 2 aromatic heterocycles. The van der Waals surface area contributed by atoms with Crippen LogP contribution in [0.3, 0.4) is 0 Å². The zero-order chi connectivity index (χ0) is 12.9. The van der Waals surface area contributed by atoms with Gasteiger partial charge in [-0.25, -0.2) is 14.3 Å². The minimum Gasteiger partial charge on any atom is -0.477 e. The first kappa shape index (κ1) is 11.2. The van der Waals surface area contributed by atoms with Gasteiger partial charge in [-0.05, 0) is 24.3 Å². The summed E-state index contributed by atoms with van der Waals surface area (Å²) in [5.41, 5.74) is 1.83. The number of hydrogen-bond acceptors (Lipinski definition) is 3. The number of fused-ring (bicyclic) bond motifs is 1. The van der Waals surface area contributed by atoms with Crippen LogP contribution in [0.15, 0.2) is 18.5 Å². The predicted octanol–water partition coefficient (Wildman–Crippen LogP) is 2.33. The van der Waals surface area contributed by atoms with E-state index in [9.17, 15) is 4.79 Å². The van der Waals surface area contributed by atoms with E-state index < -0.39 is 5.97 Å². The van der Waals surface area contributed by atoms with Crippen LogP contribution in [-0.4, -0.2) is 25.7 Å². The molecule has 94 valence electrons. The van der Waals surface area contributed by atoms with Crippen LogP contribution in [-0.2, 0) is 0 Å². The normalized spacial score (nSPS) is 21.8. The monoisotopic (exact) mass is 245 g/mol. The molecule has 18 heavy (non-hydrogen) atoms. The van der Waals surface area contributed by atoms with Crippen molar-refractivity contribution in [3.8, 4) is 0 Å². The summed E-state index contributed by atoms with van der Waals surface area (Å²) in [5.74, 6) is -0.568. The zero-order valence-corrected chi connectivity index (χ0v) is 10.4. The smallest absolute Gasteiger partial charge is 0.341 e. The molecule has 0 saturated heterocycles. The predicted molar refractivity (Wildman–Crippen MR) is 65.7 cm³/mol. The molecule has 3 rings (SSSR count). The minimum absolute atomic E-state index is 0.161. The van der Waals surface area contributed by atoms with E-state index >= 15 is 0 Å². The van der Waals surface area contributed by atoms with Gasteiger partial charge in [0.25, 0.3) is 0 Å². The summed E-state index contributed by atoms with van der Waals surface area (Å²) in [4.78, 5) is 15.6. The van der Waals surface area contributed by atoms with Crippen LogP contribution in [0.4, 0.5) is 0 Å². The van der Waals surface area contributed by atoms with Crippen LogP contribution in [0.25, 0.3) is 5.65 Å². The lowest BCUT2D eigenvalue weighted by atomic mass is 9.61. The number of carboxylic acids is 1. The number of aromatic carboxylic acids is 1. The van der Waals surface area contributed by atoms with Crippen molar-refractivity contribution in [2.75, 3.05) is 0 Å². The van der Waals surface area contributed by atoms with Crippen molar-refractivity contribution in [1.82, 2.24) is 14.6 Å². The molecule has 1 aliphatic rings. The number of rotatable bonds is 2. The number of carbonyl (C=O) groups is 1. The second-order valence-corrected chi connectivity index (χ2v) is 5.56. The van der Waals surface area contributed by atoms with Gasteiger partial charge in [0.2, 0.25) is 0 Å². The van der Waals surface area contributed by atoms with E-state index in [0.717, 1.165) is 12.1 Å². The Labute approximate surface area is 104 Å². The molecule has 2 heterocycles. The molecule has 0 amide bonds. The van der Waals surface area contributed by atoms with Gasteiger partial charge in [-0.15, -0.1) is 0 Å². The molecule has 1 N–H and O–H groups in total. The largest absolute Gasteiger partial charge is 0.477 e. The van der Waals surface area contributed by atoms with Crippen molar-refractivity contribution in [3.63, 3.8) is 0 Å². The number of carboxylic acid groups (broad SMARTS) is 1. The third-order valence-corrected chi connectivity index (χ3v) is 4.00. The lowest BCUT2D eigenvalue weighted by molar-refractivity contribution is 0.0698. The van der Waals surface area contributed by atoms with Gasteiger partial charge in [0.1, 0.15) is 5.56 Å². The molecule has 1 saturated carbocycles. The van der Waals surface area contributed by atoms with Crippen molar-refractivity contribution < 1.29 is 9.90 Å². The summed E-state index contributed by atoms with van der Waals surface area (Å²) in [6.07, 6.45) is 5.45. The van der Waals surface area contributed by atoms with E-state index in [1.54, 1.807) is 6.20 Å². The van der Waals surface area contributed by atoms with Crippen molar-refractivity contribution in [3.05, 3.63) is 29.7 Å². The summed E-state index contributed by atoms with van der Waals surface area (Å²) in [5, 5.41) is 13.1. The van der Waals surface area contributed by atoms with Crippen LogP contribution < -0.4 is 0 Å². The fourth-order valence-corrected chi connectivity index (χ4v) is 2.64. The van der Waals surface area contributed by atoms with E-state index in [0.29, 0.717) is 11.6 Å². The summed E-state index contributed by atoms with van der Waals surface area (Å²) >= 11 is 0. The molecule has 5 heteroatoms. The first-order chi connectivity index (χ1) is 8.49. The Morgan fingerprint density at radius 1 is 1.56 bits per heavy atom. The van der Waals surface area contributed by atoms with Gasteiger partial charge in [0.05, 0.1) is 6.20 Å².